The van der Waals surface area contributed by atoms with Gasteiger partial charge in [-0.1, -0.05) is 19.3 Å². The number of carboxylic acid groups (broad SMARTS) is 1. The standard InChI is InChI=1S/C15H26N2O3/c1-12(13(18)19)16(2)14(20)17-10-8-15(9-11-17)6-4-3-5-7-15/h12H,3-11H2,1-2H3,(H,18,19). The molecule has 1 N–H and O–H groups in total. The van der Waals surface area contributed by atoms with Crippen molar-refractivity contribution in [3.8, 4) is 0 Å². The predicted octanol–water partition coefficient (Wildman–Crippen LogP) is 2.56. The topological polar surface area (TPSA) is 60.9 Å². The third-order valence-corrected chi connectivity index (χ3v) is 5.25. The second-order valence-electron chi connectivity index (χ2n) is 6.46. The van der Waals surface area contributed by atoms with Gasteiger partial charge in [-0.15, -0.1) is 0 Å². The highest BCUT2D eigenvalue weighted by molar-refractivity contribution is 5.82. The van der Waals surface area contributed by atoms with Crippen LogP contribution in [0.3, 0.4) is 0 Å². The normalized spacial score (nSPS) is 23.4. The molecule has 20 heavy (non-hydrogen) atoms. The molecular weight excluding hydrogens is 256 g/mol. The molecule has 1 aliphatic heterocycles. The highest BCUT2D eigenvalue weighted by Crippen LogP contribution is 2.44. The molecule has 1 spiro atoms. The monoisotopic (exact) mass is 282 g/mol. The summed E-state index contributed by atoms with van der Waals surface area (Å²) in [6.07, 6.45) is 8.76. The minimum Gasteiger partial charge on any atom is -0.480 e. The number of hydrogen-bond donors (Lipinski definition) is 1. The molecule has 2 fully saturated rings. The summed E-state index contributed by atoms with van der Waals surface area (Å²) in [5.74, 6) is -0.957. The number of carbonyl (C=O) groups is 2. The first-order chi connectivity index (χ1) is 9.45. The summed E-state index contributed by atoms with van der Waals surface area (Å²) < 4.78 is 0. The van der Waals surface area contributed by atoms with E-state index in [4.69, 9.17) is 5.11 Å². The van der Waals surface area contributed by atoms with Gasteiger partial charge in [-0.3, -0.25) is 0 Å². The van der Waals surface area contributed by atoms with Crippen LogP contribution in [0.15, 0.2) is 0 Å². The van der Waals surface area contributed by atoms with Gasteiger partial charge in [-0.05, 0) is 38.0 Å². The van der Waals surface area contributed by atoms with E-state index in [1.807, 2.05) is 4.90 Å². The summed E-state index contributed by atoms with van der Waals surface area (Å²) in [5, 5.41) is 8.99. The predicted molar refractivity (Wildman–Crippen MR) is 76.6 cm³/mol. The van der Waals surface area contributed by atoms with Crippen molar-refractivity contribution < 1.29 is 14.7 Å². The number of piperidine rings is 1. The number of likely N-dealkylation sites (tertiary alicyclic amines) is 1. The number of amides is 2. The van der Waals surface area contributed by atoms with Crippen molar-refractivity contribution >= 4 is 12.0 Å². The maximum Gasteiger partial charge on any atom is 0.326 e. The molecule has 1 heterocycles. The fourth-order valence-corrected chi connectivity index (χ4v) is 3.53. The lowest BCUT2D eigenvalue weighted by molar-refractivity contribution is -0.141. The molecule has 0 aromatic rings. The Morgan fingerprint density at radius 2 is 1.65 bits per heavy atom. The molecule has 1 saturated heterocycles. The van der Waals surface area contributed by atoms with E-state index in [9.17, 15) is 9.59 Å². The van der Waals surface area contributed by atoms with Crippen LogP contribution in [-0.2, 0) is 4.79 Å². The minimum atomic E-state index is -0.957. The highest BCUT2D eigenvalue weighted by Gasteiger charge is 2.37. The zero-order chi connectivity index (χ0) is 14.8. The number of nitrogens with zero attached hydrogens (tertiary/aromatic N) is 2. The summed E-state index contributed by atoms with van der Waals surface area (Å²) >= 11 is 0. The number of carboxylic acids is 1. The van der Waals surface area contributed by atoms with Crippen LogP contribution in [-0.4, -0.2) is 53.1 Å². The van der Waals surface area contributed by atoms with Crippen LogP contribution in [0.5, 0.6) is 0 Å². The number of urea groups is 1. The van der Waals surface area contributed by atoms with E-state index in [-0.39, 0.29) is 6.03 Å². The molecule has 2 rings (SSSR count). The molecule has 5 heteroatoms. The van der Waals surface area contributed by atoms with Crippen molar-refractivity contribution in [3.63, 3.8) is 0 Å². The van der Waals surface area contributed by atoms with Crippen molar-refractivity contribution in [2.24, 2.45) is 5.41 Å². The number of rotatable bonds is 2. The first-order valence-corrected chi connectivity index (χ1v) is 7.70. The van der Waals surface area contributed by atoms with Crippen LogP contribution >= 0.6 is 0 Å². The molecular formula is C15H26N2O3. The van der Waals surface area contributed by atoms with Gasteiger partial charge >= 0.3 is 12.0 Å². The number of aliphatic carboxylic acids is 1. The third-order valence-electron chi connectivity index (χ3n) is 5.25. The van der Waals surface area contributed by atoms with E-state index in [2.05, 4.69) is 0 Å². The molecule has 5 nitrogen and oxygen atoms in total. The van der Waals surface area contributed by atoms with Gasteiger partial charge in [-0.2, -0.15) is 0 Å². The molecule has 1 atom stereocenters. The molecule has 1 aliphatic carbocycles. The largest absolute Gasteiger partial charge is 0.480 e. The Hall–Kier alpha value is -1.26. The second kappa shape index (κ2) is 6.02. The van der Waals surface area contributed by atoms with E-state index in [0.717, 1.165) is 25.9 Å². The Kier molecular flexibility index (Phi) is 4.55. The zero-order valence-electron chi connectivity index (χ0n) is 12.6. The molecule has 0 radical (unpaired) electrons. The van der Waals surface area contributed by atoms with Gasteiger partial charge in [0.1, 0.15) is 6.04 Å². The van der Waals surface area contributed by atoms with Crippen LogP contribution in [0.2, 0.25) is 0 Å². The van der Waals surface area contributed by atoms with Gasteiger partial charge in [0.05, 0.1) is 0 Å². The Morgan fingerprint density at radius 1 is 1.10 bits per heavy atom. The maximum atomic E-state index is 12.3. The number of hydrogen-bond acceptors (Lipinski definition) is 2. The summed E-state index contributed by atoms with van der Waals surface area (Å²) in [7, 11) is 1.58. The Labute approximate surface area is 120 Å². The smallest absolute Gasteiger partial charge is 0.326 e. The molecule has 0 bridgehead atoms. The van der Waals surface area contributed by atoms with E-state index in [1.165, 1.54) is 37.0 Å². The van der Waals surface area contributed by atoms with Crippen LogP contribution in [0.25, 0.3) is 0 Å². The summed E-state index contributed by atoms with van der Waals surface area (Å²) in [4.78, 5) is 26.4. The second-order valence-corrected chi connectivity index (χ2v) is 6.46. The fraction of sp³-hybridized carbons (Fsp3) is 0.867. The molecule has 0 aromatic heterocycles. The highest BCUT2D eigenvalue weighted by atomic mass is 16.4. The quantitative estimate of drug-likeness (QED) is 0.846. The Morgan fingerprint density at radius 3 is 2.15 bits per heavy atom. The molecule has 0 aromatic carbocycles. The van der Waals surface area contributed by atoms with Crippen molar-refractivity contribution in [3.05, 3.63) is 0 Å². The lowest BCUT2D eigenvalue weighted by Gasteiger charge is -2.45. The molecule has 114 valence electrons. The maximum absolute atomic E-state index is 12.3. The van der Waals surface area contributed by atoms with E-state index < -0.39 is 12.0 Å². The van der Waals surface area contributed by atoms with E-state index >= 15 is 0 Å². The Bertz CT molecular complexity index is 367. The Balaban J connectivity index is 1.89. The SMILES string of the molecule is CC(C(=O)O)N(C)C(=O)N1CCC2(CCCCC2)CC1. The van der Waals surface area contributed by atoms with E-state index in [0.29, 0.717) is 5.41 Å². The van der Waals surface area contributed by atoms with E-state index in [1.54, 1.807) is 14.0 Å². The van der Waals surface area contributed by atoms with Gasteiger partial charge in [0.15, 0.2) is 0 Å². The van der Waals surface area contributed by atoms with Crippen molar-refractivity contribution in [2.75, 3.05) is 20.1 Å². The molecule has 1 saturated carbocycles. The first-order valence-electron chi connectivity index (χ1n) is 7.70. The van der Waals surface area contributed by atoms with Gasteiger partial charge in [-0.25, -0.2) is 9.59 Å². The van der Waals surface area contributed by atoms with Crippen molar-refractivity contribution in [1.82, 2.24) is 9.80 Å². The van der Waals surface area contributed by atoms with Crippen LogP contribution in [0, 0.1) is 5.41 Å². The van der Waals surface area contributed by atoms with Crippen molar-refractivity contribution in [2.45, 2.75) is 57.9 Å². The van der Waals surface area contributed by atoms with Crippen LogP contribution in [0.1, 0.15) is 51.9 Å². The lowest BCUT2D eigenvalue weighted by Crippen LogP contribution is -2.51. The lowest BCUT2D eigenvalue weighted by atomic mass is 9.68. The summed E-state index contributed by atoms with van der Waals surface area (Å²) in [6.45, 7) is 3.10. The minimum absolute atomic E-state index is 0.148. The molecule has 2 aliphatic rings. The average Bonchev–Trinajstić information content (AvgIpc) is 2.46. The summed E-state index contributed by atoms with van der Waals surface area (Å²) in [5.41, 5.74) is 0.464. The molecule has 1 unspecified atom stereocenters. The third kappa shape index (κ3) is 3.07. The number of likely N-dealkylation sites (N-methyl/N-ethyl adjacent to an activating group) is 1. The van der Waals surface area contributed by atoms with Crippen LogP contribution in [0.4, 0.5) is 4.79 Å². The zero-order valence-corrected chi connectivity index (χ0v) is 12.6. The van der Waals surface area contributed by atoms with Gasteiger partial charge in [0.2, 0.25) is 0 Å². The van der Waals surface area contributed by atoms with Gasteiger partial charge < -0.3 is 14.9 Å². The van der Waals surface area contributed by atoms with Crippen molar-refractivity contribution in [1.29, 1.82) is 0 Å². The fourth-order valence-electron chi connectivity index (χ4n) is 3.53. The van der Waals surface area contributed by atoms with Gasteiger partial charge in [0, 0.05) is 20.1 Å². The van der Waals surface area contributed by atoms with Gasteiger partial charge in [0.25, 0.3) is 0 Å². The first kappa shape index (κ1) is 15.1. The average molecular weight is 282 g/mol. The molecule has 2 amide bonds. The van der Waals surface area contributed by atoms with Crippen LogP contribution < -0.4 is 0 Å². The number of carbonyl (C=O) groups excluding carboxylic acids is 1. The summed E-state index contributed by atoms with van der Waals surface area (Å²) in [6, 6.07) is -0.918.